The lowest BCUT2D eigenvalue weighted by atomic mass is 9.91. The number of hydrogen-bond acceptors (Lipinski definition) is 4. The van der Waals surface area contributed by atoms with Crippen molar-refractivity contribution in [2.24, 2.45) is 5.41 Å². The molecule has 0 aromatic carbocycles. The zero-order valence-corrected chi connectivity index (χ0v) is 5.91. The quantitative estimate of drug-likeness (QED) is 0.466. The van der Waals surface area contributed by atoms with Crippen molar-refractivity contribution in [3.8, 4) is 0 Å². The van der Waals surface area contributed by atoms with Crippen LogP contribution in [0.1, 0.15) is 6.92 Å². The van der Waals surface area contributed by atoms with E-state index in [2.05, 4.69) is 0 Å². The molecular weight excluding hydrogens is 135 g/mol. The second kappa shape index (κ2) is 2.88. The highest BCUT2D eigenvalue weighted by Crippen LogP contribution is 2.20. The first-order valence-electron chi connectivity index (χ1n) is 3.18. The molecular formula is C5H11BO4. The Morgan fingerprint density at radius 1 is 1.50 bits per heavy atom. The van der Waals surface area contributed by atoms with Gasteiger partial charge in [-0.15, -0.1) is 0 Å². The van der Waals surface area contributed by atoms with Gasteiger partial charge < -0.3 is 19.4 Å². The zero-order chi connectivity index (χ0) is 7.61. The minimum Gasteiger partial charge on any atom is -0.402 e. The molecule has 2 N–H and O–H groups in total. The Labute approximate surface area is 59.9 Å². The minimum absolute atomic E-state index is 0.0136. The van der Waals surface area contributed by atoms with Crippen LogP contribution in [0.5, 0.6) is 0 Å². The van der Waals surface area contributed by atoms with E-state index in [1.165, 1.54) is 0 Å². The van der Waals surface area contributed by atoms with Gasteiger partial charge >= 0.3 is 7.32 Å². The maximum atomic E-state index is 8.79. The third-order valence-corrected chi connectivity index (χ3v) is 1.53. The molecule has 58 valence electrons. The van der Waals surface area contributed by atoms with E-state index in [0.717, 1.165) is 0 Å². The van der Waals surface area contributed by atoms with Crippen LogP contribution in [-0.4, -0.2) is 37.3 Å². The van der Waals surface area contributed by atoms with Gasteiger partial charge in [-0.25, -0.2) is 0 Å². The standard InChI is InChI=1S/C5H11BO4/c1-5(2-7)3-9-6(8)10-4-5/h7-8H,2-4H2,1H3. The molecule has 10 heavy (non-hydrogen) atoms. The van der Waals surface area contributed by atoms with Gasteiger partial charge in [-0.2, -0.15) is 0 Å². The van der Waals surface area contributed by atoms with Crippen molar-refractivity contribution in [2.75, 3.05) is 19.8 Å². The van der Waals surface area contributed by atoms with Gasteiger partial charge in [0.05, 0.1) is 6.61 Å². The van der Waals surface area contributed by atoms with Crippen LogP contribution in [0, 0.1) is 5.41 Å². The first kappa shape index (κ1) is 8.01. The summed E-state index contributed by atoms with van der Waals surface area (Å²) in [5.74, 6) is 0. The van der Waals surface area contributed by atoms with Crippen molar-refractivity contribution in [1.29, 1.82) is 0 Å². The molecule has 0 aromatic heterocycles. The number of aliphatic hydroxyl groups is 1. The molecule has 1 rings (SSSR count). The molecule has 0 atom stereocenters. The highest BCUT2D eigenvalue weighted by molar-refractivity contribution is 6.34. The molecule has 0 amide bonds. The van der Waals surface area contributed by atoms with E-state index in [9.17, 15) is 0 Å². The average Bonchev–Trinajstić information content (AvgIpc) is 1.96. The Morgan fingerprint density at radius 2 is 2.00 bits per heavy atom. The maximum Gasteiger partial charge on any atom is 0.636 e. The highest BCUT2D eigenvalue weighted by Gasteiger charge is 2.34. The molecule has 4 nitrogen and oxygen atoms in total. The summed E-state index contributed by atoms with van der Waals surface area (Å²) in [6.07, 6.45) is 0. The minimum atomic E-state index is -1.11. The van der Waals surface area contributed by atoms with Gasteiger partial charge in [-0.3, -0.25) is 0 Å². The van der Waals surface area contributed by atoms with Gasteiger partial charge in [-0.05, 0) is 0 Å². The lowest BCUT2D eigenvalue weighted by Gasteiger charge is -2.32. The largest absolute Gasteiger partial charge is 0.636 e. The van der Waals surface area contributed by atoms with E-state index in [1.807, 2.05) is 6.92 Å². The second-order valence-corrected chi connectivity index (χ2v) is 2.90. The van der Waals surface area contributed by atoms with Gasteiger partial charge in [-0.1, -0.05) is 6.92 Å². The van der Waals surface area contributed by atoms with E-state index in [4.69, 9.17) is 19.4 Å². The molecule has 1 fully saturated rings. The fourth-order valence-corrected chi connectivity index (χ4v) is 0.726. The van der Waals surface area contributed by atoms with Gasteiger partial charge in [0.1, 0.15) is 0 Å². The molecule has 0 saturated carbocycles. The average molecular weight is 146 g/mol. The van der Waals surface area contributed by atoms with Crippen LogP contribution in [0.2, 0.25) is 0 Å². The zero-order valence-electron chi connectivity index (χ0n) is 5.91. The third-order valence-electron chi connectivity index (χ3n) is 1.53. The van der Waals surface area contributed by atoms with Crippen molar-refractivity contribution in [1.82, 2.24) is 0 Å². The molecule has 0 spiro atoms. The normalized spacial score (nSPS) is 24.9. The fraction of sp³-hybridized carbons (Fsp3) is 1.00. The third kappa shape index (κ3) is 1.70. The summed E-state index contributed by atoms with van der Waals surface area (Å²) in [6, 6.07) is 0. The Morgan fingerprint density at radius 3 is 2.40 bits per heavy atom. The van der Waals surface area contributed by atoms with Crippen molar-refractivity contribution in [2.45, 2.75) is 6.92 Å². The van der Waals surface area contributed by atoms with Gasteiger partial charge in [0.25, 0.3) is 0 Å². The first-order chi connectivity index (χ1) is 4.66. The van der Waals surface area contributed by atoms with Crippen LogP contribution in [0.3, 0.4) is 0 Å². The molecule has 5 heteroatoms. The Hall–Kier alpha value is -0.0951. The molecule has 0 radical (unpaired) electrons. The topological polar surface area (TPSA) is 58.9 Å². The maximum absolute atomic E-state index is 8.79. The number of aliphatic hydroxyl groups excluding tert-OH is 1. The summed E-state index contributed by atoms with van der Waals surface area (Å²) < 4.78 is 9.52. The monoisotopic (exact) mass is 146 g/mol. The predicted molar refractivity (Wildman–Crippen MR) is 35.1 cm³/mol. The van der Waals surface area contributed by atoms with Crippen LogP contribution in [-0.2, 0) is 9.31 Å². The van der Waals surface area contributed by atoms with E-state index < -0.39 is 7.32 Å². The molecule has 1 saturated heterocycles. The molecule has 0 aromatic rings. The van der Waals surface area contributed by atoms with Crippen LogP contribution in [0.4, 0.5) is 0 Å². The summed E-state index contributed by atoms with van der Waals surface area (Å²) in [5.41, 5.74) is -0.348. The van der Waals surface area contributed by atoms with Crippen LogP contribution in [0.25, 0.3) is 0 Å². The highest BCUT2D eigenvalue weighted by atomic mass is 16.7. The SMILES string of the molecule is CC1(CO)COB(O)OC1. The Balaban J connectivity index is 2.38. The van der Waals surface area contributed by atoms with Crippen molar-refractivity contribution in [3.63, 3.8) is 0 Å². The number of hydrogen-bond donors (Lipinski definition) is 2. The summed E-state index contributed by atoms with van der Waals surface area (Å²) in [7, 11) is -1.11. The van der Waals surface area contributed by atoms with E-state index in [-0.39, 0.29) is 12.0 Å². The second-order valence-electron chi connectivity index (χ2n) is 2.90. The molecule has 0 aliphatic carbocycles. The molecule has 1 aliphatic heterocycles. The van der Waals surface area contributed by atoms with Crippen molar-refractivity contribution in [3.05, 3.63) is 0 Å². The molecule has 0 bridgehead atoms. The Kier molecular flexibility index (Phi) is 2.30. The first-order valence-corrected chi connectivity index (χ1v) is 3.18. The summed E-state index contributed by atoms with van der Waals surface area (Å²) >= 11 is 0. The van der Waals surface area contributed by atoms with Crippen LogP contribution < -0.4 is 0 Å². The predicted octanol–water partition coefficient (Wildman–Crippen LogP) is -0.991. The van der Waals surface area contributed by atoms with Crippen LogP contribution >= 0.6 is 0 Å². The Bertz CT molecular complexity index is 110. The fourth-order valence-electron chi connectivity index (χ4n) is 0.726. The molecule has 1 heterocycles. The van der Waals surface area contributed by atoms with Gasteiger partial charge in [0.15, 0.2) is 0 Å². The number of rotatable bonds is 1. The van der Waals surface area contributed by atoms with Gasteiger partial charge in [0, 0.05) is 18.6 Å². The van der Waals surface area contributed by atoms with Crippen molar-refractivity contribution < 1.29 is 19.4 Å². The van der Waals surface area contributed by atoms with E-state index >= 15 is 0 Å². The summed E-state index contributed by atoms with van der Waals surface area (Å²) in [4.78, 5) is 0. The smallest absolute Gasteiger partial charge is 0.402 e. The van der Waals surface area contributed by atoms with Crippen molar-refractivity contribution >= 4 is 7.32 Å². The van der Waals surface area contributed by atoms with E-state index in [0.29, 0.717) is 13.2 Å². The van der Waals surface area contributed by atoms with E-state index in [1.54, 1.807) is 0 Å². The van der Waals surface area contributed by atoms with Gasteiger partial charge in [0.2, 0.25) is 0 Å². The molecule has 0 unspecified atom stereocenters. The lowest BCUT2D eigenvalue weighted by molar-refractivity contribution is -0.0407. The van der Waals surface area contributed by atoms with Crippen LogP contribution in [0.15, 0.2) is 0 Å². The lowest BCUT2D eigenvalue weighted by Crippen LogP contribution is -2.44. The summed E-state index contributed by atoms with van der Waals surface area (Å²) in [5, 5.41) is 17.5. The summed E-state index contributed by atoms with van der Waals surface area (Å²) in [6.45, 7) is 2.52. The molecule has 1 aliphatic rings.